The molecule has 0 saturated heterocycles. The molecular weight excluding hydrogens is 681 g/mol. The van der Waals surface area contributed by atoms with E-state index in [9.17, 15) is 30.0 Å². The first kappa shape index (κ1) is 36.2. The van der Waals surface area contributed by atoms with Crippen molar-refractivity contribution in [1.82, 2.24) is 30.2 Å². The van der Waals surface area contributed by atoms with Crippen LogP contribution in [0, 0.1) is 11.3 Å². The van der Waals surface area contributed by atoms with Crippen molar-refractivity contribution < 1.29 is 25.2 Å². The molecule has 3 heterocycles. The second kappa shape index (κ2) is 15.1. The lowest BCUT2D eigenvalue weighted by Gasteiger charge is -2.50. The topological polar surface area (TPSA) is 177 Å². The van der Waals surface area contributed by atoms with Gasteiger partial charge in [0.15, 0.2) is 0 Å². The first-order valence-electron chi connectivity index (χ1n) is 18.4. The molecule has 0 bridgehead atoms. The van der Waals surface area contributed by atoms with E-state index < -0.39 is 23.1 Å². The van der Waals surface area contributed by atoms with Crippen molar-refractivity contribution in [3.8, 4) is 5.75 Å². The summed E-state index contributed by atoms with van der Waals surface area (Å²) in [5.74, 6) is -0.968. The molecule has 0 aliphatic heterocycles. The van der Waals surface area contributed by atoms with Gasteiger partial charge in [0.1, 0.15) is 11.3 Å². The van der Waals surface area contributed by atoms with E-state index in [4.69, 9.17) is 0 Å². The third-order valence-electron chi connectivity index (χ3n) is 11.9. The monoisotopic (exact) mass is 728 g/mol. The maximum absolute atomic E-state index is 12.7. The average Bonchev–Trinajstić information content (AvgIpc) is 3.94. The molecule has 1 unspecified atom stereocenters. The highest BCUT2D eigenvalue weighted by atomic mass is 32.1. The van der Waals surface area contributed by atoms with Gasteiger partial charge in [-0.05, 0) is 111 Å². The zero-order chi connectivity index (χ0) is 36.5. The van der Waals surface area contributed by atoms with Crippen molar-refractivity contribution in [2.24, 2.45) is 11.3 Å². The number of aromatic amines is 1. The first-order chi connectivity index (χ1) is 25.1. The van der Waals surface area contributed by atoms with Gasteiger partial charge in [-0.1, -0.05) is 36.3 Å². The lowest BCUT2D eigenvalue weighted by atomic mass is 9.58. The van der Waals surface area contributed by atoms with Crippen LogP contribution < -0.4 is 10.9 Å². The Morgan fingerprint density at radius 2 is 1.92 bits per heavy atom. The number of pyridine rings is 1. The van der Waals surface area contributed by atoms with Crippen LogP contribution in [-0.2, 0) is 23.5 Å². The summed E-state index contributed by atoms with van der Waals surface area (Å²) >= 11 is 1.35. The molecule has 3 aromatic heterocycles. The van der Waals surface area contributed by atoms with E-state index >= 15 is 0 Å². The fraction of sp³-hybridized carbons (Fsp3) is 0.487. The number of aliphatic hydroxyl groups is 2. The molecule has 2 fully saturated rings. The fourth-order valence-electron chi connectivity index (χ4n) is 9.15. The summed E-state index contributed by atoms with van der Waals surface area (Å²) in [6.07, 6.45) is 7.36. The van der Waals surface area contributed by atoms with Gasteiger partial charge >= 0.3 is 5.97 Å². The van der Waals surface area contributed by atoms with Crippen LogP contribution in [0.2, 0.25) is 0 Å². The van der Waals surface area contributed by atoms with Gasteiger partial charge in [0.2, 0.25) is 11.2 Å². The molecule has 276 valence electrons. The number of nitrogens with zero attached hydrogens (tertiary/aromatic N) is 4. The minimum Gasteiger partial charge on any atom is -0.506 e. The number of H-pyrrole nitrogens is 1. The third kappa shape index (κ3) is 6.76. The second-order valence-electron chi connectivity index (χ2n) is 14.8. The summed E-state index contributed by atoms with van der Waals surface area (Å²) in [5.41, 5.74) is 0.937. The third-order valence-corrected chi connectivity index (χ3v) is 12.9. The molecule has 2 aromatic carbocycles. The number of benzene rings is 2. The number of fused-ring (bicyclic) bond motifs is 2. The van der Waals surface area contributed by atoms with E-state index in [1.807, 2.05) is 34.3 Å². The predicted molar refractivity (Wildman–Crippen MR) is 200 cm³/mol. The number of carbonyl (C=O) groups is 1. The zero-order valence-electron chi connectivity index (χ0n) is 29.5. The van der Waals surface area contributed by atoms with E-state index in [-0.39, 0.29) is 23.8 Å². The summed E-state index contributed by atoms with van der Waals surface area (Å²) in [7, 11) is 2.18. The largest absolute Gasteiger partial charge is 0.506 e. The highest BCUT2D eigenvalue weighted by Gasteiger charge is 2.62. The standard InChI is InChI=1S/C39H48N6O6S/c1-44(27-10-8-26(9-11-27)38(17-2-3-18-38)39(51,37(49)50)34-6-4-21-52-34)19-5-20-45-31-14-7-25(22-30(31)42-43-45)23-40-24-33(47)28-12-15-32(46)36-29(28)13-16-35(48)41-36/h4,6-7,12-16,21-22,26-27,33,40,46-47,51H,2-3,5,8-11,17-20,23-24H2,1H3,(H,41,48)(H,49,50)/t26?,27?,33-,39?/m0/s1. The van der Waals surface area contributed by atoms with Crippen LogP contribution in [0.1, 0.15) is 79.9 Å². The van der Waals surface area contributed by atoms with Gasteiger partial charge in [-0.2, -0.15) is 0 Å². The molecule has 2 aliphatic rings. The maximum Gasteiger partial charge on any atom is 0.341 e. The number of carboxylic acids is 1. The van der Waals surface area contributed by atoms with E-state index in [0.717, 1.165) is 87.5 Å². The number of hydrogen-bond donors (Lipinski definition) is 6. The molecule has 7 rings (SSSR count). The Morgan fingerprint density at radius 3 is 2.65 bits per heavy atom. The van der Waals surface area contributed by atoms with Crippen LogP contribution >= 0.6 is 11.3 Å². The molecule has 12 nitrogen and oxygen atoms in total. The highest BCUT2D eigenvalue weighted by molar-refractivity contribution is 7.10. The van der Waals surface area contributed by atoms with Gasteiger partial charge in [0.05, 0.1) is 17.1 Å². The van der Waals surface area contributed by atoms with Gasteiger partial charge in [-0.15, -0.1) is 16.4 Å². The molecule has 6 N–H and O–H groups in total. The number of rotatable bonds is 14. The summed E-state index contributed by atoms with van der Waals surface area (Å²) < 4.78 is 1.95. The van der Waals surface area contributed by atoms with Crippen LogP contribution in [0.5, 0.6) is 5.75 Å². The SMILES string of the molecule is CN(CCCn1nnc2cc(CNC[C@H](O)c3ccc(O)c4[nH]c(=O)ccc34)ccc21)C1CCC(C2(C(O)(C(=O)O)c3cccs3)CCCC2)CC1. The van der Waals surface area contributed by atoms with Crippen molar-refractivity contribution in [3.05, 3.63) is 86.3 Å². The molecule has 2 saturated carbocycles. The molecule has 13 heteroatoms. The summed E-state index contributed by atoms with van der Waals surface area (Å²) in [6.45, 7) is 2.44. The van der Waals surface area contributed by atoms with E-state index in [0.29, 0.717) is 33.9 Å². The smallest absolute Gasteiger partial charge is 0.341 e. The van der Waals surface area contributed by atoms with Crippen molar-refractivity contribution in [2.75, 3.05) is 20.1 Å². The Kier molecular flexibility index (Phi) is 10.5. The van der Waals surface area contributed by atoms with Gasteiger partial charge in [0, 0.05) is 47.4 Å². The number of nitrogens with one attached hydrogen (secondary N) is 2. The number of aliphatic carboxylic acids is 1. The van der Waals surface area contributed by atoms with Crippen LogP contribution in [0.4, 0.5) is 0 Å². The van der Waals surface area contributed by atoms with E-state index in [1.54, 1.807) is 18.2 Å². The fourth-order valence-corrected chi connectivity index (χ4v) is 10.1. The van der Waals surface area contributed by atoms with Gasteiger partial charge in [-0.25, -0.2) is 9.48 Å². The minimum atomic E-state index is -1.84. The quantitative estimate of drug-likeness (QED) is 0.0883. The normalized spacial score (nSPS) is 20.8. The molecule has 0 radical (unpaired) electrons. The Hall–Kier alpha value is -4.14. The van der Waals surface area contributed by atoms with Crippen LogP contribution in [0.25, 0.3) is 21.9 Å². The van der Waals surface area contributed by atoms with Gasteiger partial charge < -0.3 is 35.6 Å². The number of carboxylic acid groups (broad SMARTS) is 1. The molecule has 52 heavy (non-hydrogen) atoms. The zero-order valence-corrected chi connectivity index (χ0v) is 30.3. The number of phenols is 1. The number of phenolic OH excluding ortho intramolecular Hbond substituents is 1. The lowest BCUT2D eigenvalue weighted by Crippen LogP contribution is -2.55. The summed E-state index contributed by atoms with van der Waals surface area (Å²) in [4.78, 5) is 30.1. The lowest BCUT2D eigenvalue weighted by molar-refractivity contribution is -0.187. The minimum absolute atomic E-state index is 0.0408. The van der Waals surface area contributed by atoms with Crippen molar-refractivity contribution >= 4 is 39.2 Å². The van der Waals surface area contributed by atoms with Crippen LogP contribution in [0.15, 0.2) is 64.8 Å². The average molecular weight is 729 g/mol. The maximum atomic E-state index is 12.7. The first-order valence-corrected chi connectivity index (χ1v) is 19.2. The number of aryl methyl sites for hydroxylation is 1. The van der Waals surface area contributed by atoms with Gasteiger partial charge in [0.25, 0.3) is 0 Å². The van der Waals surface area contributed by atoms with Crippen molar-refractivity contribution in [2.45, 2.75) is 88.6 Å². The number of thiophene rings is 1. The van der Waals surface area contributed by atoms with E-state index in [2.05, 4.69) is 32.6 Å². The van der Waals surface area contributed by atoms with Crippen molar-refractivity contribution in [1.29, 1.82) is 0 Å². The number of aromatic hydroxyl groups is 1. The summed E-state index contributed by atoms with van der Waals surface area (Å²) in [5, 5.41) is 57.9. The van der Waals surface area contributed by atoms with E-state index in [1.165, 1.54) is 23.5 Å². The molecule has 0 amide bonds. The Bertz CT molecular complexity index is 2070. The van der Waals surface area contributed by atoms with Gasteiger partial charge in [-0.3, -0.25) is 4.79 Å². The number of aromatic nitrogens is 4. The second-order valence-corrected chi connectivity index (χ2v) is 15.7. The number of hydrogen-bond acceptors (Lipinski definition) is 10. The molecule has 2 atom stereocenters. The molecule has 5 aromatic rings. The predicted octanol–water partition coefficient (Wildman–Crippen LogP) is 5.28. The Balaban J connectivity index is 0.899. The van der Waals surface area contributed by atoms with Crippen LogP contribution in [0.3, 0.4) is 0 Å². The Labute approximate surface area is 306 Å². The summed E-state index contributed by atoms with van der Waals surface area (Å²) in [6, 6.07) is 16.2. The highest BCUT2D eigenvalue weighted by Crippen LogP contribution is 2.60. The number of aliphatic hydroxyl groups excluding tert-OH is 1. The van der Waals surface area contributed by atoms with Crippen molar-refractivity contribution in [3.63, 3.8) is 0 Å². The molecule has 2 aliphatic carbocycles. The Morgan fingerprint density at radius 1 is 1.13 bits per heavy atom. The molecule has 0 spiro atoms. The molecular formula is C39H48N6O6S. The van der Waals surface area contributed by atoms with Crippen LogP contribution in [-0.4, -0.2) is 77.5 Å².